The molecule has 6 heteroatoms. The molecule has 0 fully saturated rings. The minimum atomic E-state index is -1.11. The van der Waals surface area contributed by atoms with Gasteiger partial charge >= 0.3 is 0 Å². The first-order valence-corrected chi connectivity index (χ1v) is 7.21. The summed E-state index contributed by atoms with van der Waals surface area (Å²) in [5, 5.41) is 2.46. The van der Waals surface area contributed by atoms with Gasteiger partial charge in [-0.15, -0.1) is 11.8 Å². The molecule has 0 saturated carbocycles. The Morgan fingerprint density at radius 3 is 2.60 bits per heavy atom. The van der Waals surface area contributed by atoms with Crippen molar-refractivity contribution in [2.24, 2.45) is 0 Å². The number of nitrogens with one attached hydrogen (secondary N) is 1. The molecule has 0 saturated heterocycles. The van der Waals surface area contributed by atoms with Gasteiger partial charge in [0.1, 0.15) is 0 Å². The predicted molar refractivity (Wildman–Crippen MR) is 77.5 cm³/mol. The van der Waals surface area contributed by atoms with Gasteiger partial charge in [0.05, 0.1) is 10.6 Å². The Hall–Kier alpha value is -1.59. The molecule has 2 aromatic carbocycles. The molecule has 20 heavy (non-hydrogen) atoms. The molecule has 1 amide bonds. The number of carbonyl (C=O) groups is 1. The van der Waals surface area contributed by atoms with Crippen LogP contribution < -0.4 is 5.32 Å². The summed E-state index contributed by atoms with van der Waals surface area (Å²) in [6, 6.07) is 8.72. The second kappa shape index (κ2) is 6.24. The van der Waals surface area contributed by atoms with E-state index in [1.165, 1.54) is 11.8 Å². The summed E-state index contributed by atoms with van der Waals surface area (Å²) in [7, 11) is 0. The highest BCUT2D eigenvalue weighted by molar-refractivity contribution is 7.98. The van der Waals surface area contributed by atoms with E-state index in [9.17, 15) is 13.6 Å². The number of amides is 1. The molecule has 0 heterocycles. The summed E-state index contributed by atoms with van der Waals surface area (Å²) in [6.07, 6.45) is 1.91. The zero-order valence-electron chi connectivity index (χ0n) is 10.4. The molecular weight excluding hydrogens is 304 g/mol. The number of benzene rings is 2. The third-order valence-electron chi connectivity index (χ3n) is 2.58. The minimum absolute atomic E-state index is 0.111. The van der Waals surface area contributed by atoms with Crippen LogP contribution >= 0.6 is 23.4 Å². The fraction of sp³-hybridized carbons (Fsp3) is 0.0714. The van der Waals surface area contributed by atoms with Crippen LogP contribution in [0.2, 0.25) is 5.02 Å². The van der Waals surface area contributed by atoms with Crippen LogP contribution in [-0.4, -0.2) is 12.2 Å². The van der Waals surface area contributed by atoms with E-state index in [1.807, 2.05) is 12.3 Å². The van der Waals surface area contributed by atoms with Crippen LogP contribution in [0.15, 0.2) is 41.3 Å². The largest absolute Gasteiger partial charge is 0.322 e. The summed E-state index contributed by atoms with van der Waals surface area (Å²) in [5.41, 5.74) is 0.447. The Morgan fingerprint density at radius 2 is 1.90 bits per heavy atom. The van der Waals surface area contributed by atoms with Crippen molar-refractivity contribution in [2.45, 2.75) is 4.90 Å². The van der Waals surface area contributed by atoms with E-state index in [2.05, 4.69) is 5.32 Å². The van der Waals surface area contributed by atoms with Crippen LogP contribution in [0.5, 0.6) is 0 Å². The molecule has 0 aliphatic carbocycles. The van der Waals surface area contributed by atoms with E-state index >= 15 is 0 Å². The standard InChI is InChI=1S/C14H10ClF2NOS/c1-20-9-4-2-3-8(5-9)18-14(19)10-6-12(16)13(17)7-11(10)15/h2-7H,1H3,(H,18,19). The van der Waals surface area contributed by atoms with Gasteiger partial charge in [0.15, 0.2) is 11.6 Å². The van der Waals surface area contributed by atoms with Gasteiger partial charge < -0.3 is 5.32 Å². The molecule has 0 aliphatic rings. The van der Waals surface area contributed by atoms with Gasteiger partial charge in [-0.2, -0.15) is 0 Å². The third kappa shape index (κ3) is 3.29. The Labute approximate surface area is 124 Å². The SMILES string of the molecule is CSc1cccc(NC(=O)c2cc(F)c(F)cc2Cl)c1. The number of hydrogen-bond donors (Lipinski definition) is 1. The van der Waals surface area contributed by atoms with Crippen LogP contribution in [0.1, 0.15) is 10.4 Å². The van der Waals surface area contributed by atoms with Crippen molar-refractivity contribution in [3.8, 4) is 0 Å². The Morgan fingerprint density at radius 1 is 1.20 bits per heavy atom. The van der Waals surface area contributed by atoms with Gasteiger partial charge in [-0.1, -0.05) is 17.7 Å². The first kappa shape index (κ1) is 14.8. The molecule has 0 bridgehead atoms. The monoisotopic (exact) mass is 313 g/mol. The van der Waals surface area contributed by atoms with Crippen LogP contribution in [-0.2, 0) is 0 Å². The maximum Gasteiger partial charge on any atom is 0.257 e. The Balaban J connectivity index is 2.26. The van der Waals surface area contributed by atoms with Crippen molar-refractivity contribution in [3.63, 3.8) is 0 Å². The lowest BCUT2D eigenvalue weighted by molar-refractivity contribution is 0.102. The molecule has 2 nitrogen and oxygen atoms in total. The van der Waals surface area contributed by atoms with Gasteiger partial charge in [0.2, 0.25) is 0 Å². The van der Waals surface area contributed by atoms with Crippen molar-refractivity contribution in [3.05, 3.63) is 58.6 Å². The zero-order chi connectivity index (χ0) is 14.7. The van der Waals surface area contributed by atoms with Gasteiger partial charge in [-0.3, -0.25) is 4.79 Å². The Kier molecular flexibility index (Phi) is 4.62. The highest BCUT2D eigenvalue weighted by Gasteiger charge is 2.15. The number of thioether (sulfide) groups is 1. The summed E-state index contributed by atoms with van der Waals surface area (Å²) >= 11 is 7.28. The lowest BCUT2D eigenvalue weighted by atomic mass is 10.2. The summed E-state index contributed by atoms with van der Waals surface area (Å²) in [4.78, 5) is 13.0. The van der Waals surface area contributed by atoms with Crippen LogP contribution in [0.3, 0.4) is 0 Å². The normalized spacial score (nSPS) is 10.4. The summed E-state index contributed by atoms with van der Waals surface area (Å²) < 4.78 is 26.1. The number of rotatable bonds is 3. The molecule has 0 spiro atoms. The quantitative estimate of drug-likeness (QED) is 0.663. The molecule has 0 radical (unpaired) electrons. The van der Waals surface area contributed by atoms with Crippen molar-refractivity contribution >= 4 is 35.0 Å². The second-order valence-electron chi connectivity index (χ2n) is 3.93. The number of halogens is 3. The number of hydrogen-bond acceptors (Lipinski definition) is 2. The van der Waals surface area contributed by atoms with Gasteiger partial charge in [0.25, 0.3) is 5.91 Å². The molecule has 0 atom stereocenters. The summed E-state index contributed by atoms with van der Waals surface area (Å²) in [5.74, 6) is -2.79. The van der Waals surface area contributed by atoms with Crippen LogP contribution in [0, 0.1) is 11.6 Å². The topological polar surface area (TPSA) is 29.1 Å². The predicted octanol–water partition coefficient (Wildman–Crippen LogP) is 4.59. The molecule has 0 unspecified atom stereocenters. The second-order valence-corrected chi connectivity index (χ2v) is 5.22. The fourth-order valence-corrected chi connectivity index (χ4v) is 2.29. The smallest absolute Gasteiger partial charge is 0.257 e. The van der Waals surface area contributed by atoms with Crippen molar-refractivity contribution in [1.29, 1.82) is 0 Å². The van der Waals surface area contributed by atoms with Gasteiger partial charge in [-0.05, 0) is 36.6 Å². The first-order chi connectivity index (χ1) is 9.51. The highest BCUT2D eigenvalue weighted by atomic mass is 35.5. The summed E-state index contributed by atoms with van der Waals surface area (Å²) in [6.45, 7) is 0. The van der Waals surface area contributed by atoms with Crippen molar-refractivity contribution in [2.75, 3.05) is 11.6 Å². The molecule has 2 aromatic rings. The van der Waals surface area contributed by atoms with Crippen LogP contribution in [0.4, 0.5) is 14.5 Å². The van der Waals surface area contributed by atoms with E-state index in [4.69, 9.17) is 11.6 Å². The molecule has 1 N–H and O–H groups in total. The van der Waals surface area contributed by atoms with Gasteiger partial charge in [0, 0.05) is 10.6 Å². The van der Waals surface area contributed by atoms with Gasteiger partial charge in [-0.25, -0.2) is 8.78 Å². The van der Waals surface area contributed by atoms with E-state index in [0.29, 0.717) is 5.69 Å². The Bertz CT molecular complexity index is 664. The van der Waals surface area contributed by atoms with Crippen molar-refractivity contribution in [1.82, 2.24) is 0 Å². The van der Waals surface area contributed by atoms with E-state index in [-0.39, 0.29) is 10.6 Å². The zero-order valence-corrected chi connectivity index (χ0v) is 12.0. The molecule has 2 rings (SSSR count). The lowest BCUT2D eigenvalue weighted by Gasteiger charge is -2.08. The molecule has 104 valence electrons. The molecular formula is C14H10ClF2NOS. The van der Waals surface area contributed by atoms with Crippen molar-refractivity contribution < 1.29 is 13.6 Å². The average molecular weight is 314 g/mol. The first-order valence-electron chi connectivity index (χ1n) is 5.61. The van der Waals surface area contributed by atoms with E-state index < -0.39 is 17.5 Å². The molecule has 0 aliphatic heterocycles. The lowest BCUT2D eigenvalue weighted by Crippen LogP contribution is -2.13. The third-order valence-corrected chi connectivity index (χ3v) is 3.62. The van der Waals surface area contributed by atoms with E-state index in [1.54, 1.807) is 18.2 Å². The molecule has 0 aromatic heterocycles. The minimum Gasteiger partial charge on any atom is -0.322 e. The fourth-order valence-electron chi connectivity index (χ4n) is 1.60. The maximum atomic E-state index is 13.2. The number of anilines is 1. The van der Waals surface area contributed by atoms with Crippen LogP contribution in [0.25, 0.3) is 0 Å². The van der Waals surface area contributed by atoms with E-state index in [0.717, 1.165) is 17.0 Å². The maximum absolute atomic E-state index is 13.2. The average Bonchev–Trinajstić information content (AvgIpc) is 2.43. The highest BCUT2D eigenvalue weighted by Crippen LogP contribution is 2.23. The number of carbonyl (C=O) groups excluding carboxylic acids is 1.